The van der Waals surface area contributed by atoms with Gasteiger partial charge in [0.1, 0.15) is 17.3 Å². The summed E-state index contributed by atoms with van der Waals surface area (Å²) in [5.41, 5.74) is 5.86. The fraction of sp³-hybridized carbons (Fsp3) is 0.167. The molecular formula is C12H12FN3O. The summed E-state index contributed by atoms with van der Waals surface area (Å²) in [4.78, 5) is 15.0. The van der Waals surface area contributed by atoms with Crippen LogP contribution in [-0.4, -0.2) is 15.5 Å². The Labute approximate surface area is 97.9 Å². The van der Waals surface area contributed by atoms with Gasteiger partial charge >= 0.3 is 0 Å². The SMILES string of the molecule is Cn1cc(C(N)=O)nc1Cc1ccccc1F. The first-order chi connectivity index (χ1) is 8.08. The highest BCUT2D eigenvalue weighted by molar-refractivity contribution is 5.90. The van der Waals surface area contributed by atoms with Crippen LogP contribution in [0.4, 0.5) is 4.39 Å². The second kappa shape index (κ2) is 4.37. The molecule has 1 amide bonds. The summed E-state index contributed by atoms with van der Waals surface area (Å²) in [6.45, 7) is 0. The normalized spacial score (nSPS) is 10.5. The van der Waals surface area contributed by atoms with Crippen LogP contribution in [0.2, 0.25) is 0 Å². The van der Waals surface area contributed by atoms with Crippen molar-refractivity contribution >= 4 is 5.91 Å². The molecule has 0 aliphatic heterocycles. The van der Waals surface area contributed by atoms with Crippen molar-refractivity contribution in [3.8, 4) is 0 Å². The van der Waals surface area contributed by atoms with Crippen LogP contribution in [0.15, 0.2) is 30.5 Å². The molecule has 0 unspecified atom stereocenters. The Hall–Kier alpha value is -2.17. The number of carbonyl (C=O) groups excluding carboxylic acids is 1. The van der Waals surface area contributed by atoms with Gasteiger partial charge in [-0.2, -0.15) is 0 Å². The number of rotatable bonds is 3. The molecular weight excluding hydrogens is 221 g/mol. The largest absolute Gasteiger partial charge is 0.364 e. The van der Waals surface area contributed by atoms with Crippen molar-refractivity contribution in [2.45, 2.75) is 6.42 Å². The van der Waals surface area contributed by atoms with Crippen LogP contribution in [0.25, 0.3) is 0 Å². The number of imidazole rings is 1. The maximum atomic E-state index is 13.4. The summed E-state index contributed by atoms with van der Waals surface area (Å²) in [7, 11) is 1.75. The molecule has 17 heavy (non-hydrogen) atoms. The van der Waals surface area contributed by atoms with Gasteiger partial charge in [-0.05, 0) is 11.6 Å². The second-order valence-electron chi connectivity index (χ2n) is 3.79. The second-order valence-corrected chi connectivity index (χ2v) is 3.79. The molecule has 0 saturated heterocycles. The van der Waals surface area contributed by atoms with Crippen molar-refractivity contribution in [3.63, 3.8) is 0 Å². The Bertz CT molecular complexity index is 563. The maximum absolute atomic E-state index is 13.4. The van der Waals surface area contributed by atoms with E-state index in [1.807, 2.05) is 0 Å². The molecule has 88 valence electrons. The minimum absolute atomic E-state index is 0.193. The number of amides is 1. The monoisotopic (exact) mass is 233 g/mol. The van der Waals surface area contributed by atoms with Crippen molar-refractivity contribution in [3.05, 3.63) is 53.4 Å². The number of nitrogens with two attached hydrogens (primary N) is 1. The first-order valence-corrected chi connectivity index (χ1v) is 5.13. The number of hydrogen-bond donors (Lipinski definition) is 1. The highest BCUT2D eigenvalue weighted by Crippen LogP contribution is 2.12. The van der Waals surface area contributed by atoms with Gasteiger partial charge in [-0.3, -0.25) is 4.79 Å². The maximum Gasteiger partial charge on any atom is 0.268 e. The van der Waals surface area contributed by atoms with Gasteiger partial charge in [0.15, 0.2) is 0 Å². The van der Waals surface area contributed by atoms with Gasteiger partial charge in [-0.15, -0.1) is 0 Å². The van der Waals surface area contributed by atoms with E-state index in [1.165, 1.54) is 6.07 Å². The van der Waals surface area contributed by atoms with Crippen molar-refractivity contribution in [2.24, 2.45) is 12.8 Å². The molecule has 0 fully saturated rings. The predicted molar refractivity (Wildman–Crippen MR) is 60.9 cm³/mol. The summed E-state index contributed by atoms with van der Waals surface area (Å²) in [5.74, 6) is -0.264. The third-order valence-corrected chi connectivity index (χ3v) is 2.53. The van der Waals surface area contributed by atoms with Gasteiger partial charge in [0.05, 0.1) is 0 Å². The molecule has 1 aromatic carbocycles. The quantitative estimate of drug-likeness (QED) is 0.867. The number of aromatic nitrogens is 2. The van der Waals surface area contributed by atoms with Crippen molar-refractivity contribution in [2.75, 3.05) is 0 Å². The van der Waals surface area contributed by atoms with Crippen LogP contribution in [0.5, 0.6) is 0 Å². The van der Waals surface area contributed by atoms with Crippen molar-refractivity contribution in [1.29, 1.82) is 0 Å². The van der Waals surface area contributed by atoms with Crippen LogP contribution in [0.1, 0.15) is 21.9 Å². The van der Waals surface area contributed by atoms with E-state index in [4.69, 9.17) is 5.73 Å². The molecule has 0 spiro atoms. The van der Waals surface area contributed by atoms with Crippen LogP contribution in [0, 0.1) is 5.82 Å². The van der Waals surface area contributed by atoms with E-state index in [0.29, 0.717) is 17.8 Å². The molecule has 1 aromatic heterocycles. The van der Waals surface area contributed by atoms with Gasteiger partial charge in [-0.25, -0.2) is 9.37 Å². The summed E-state index contributed by atoms with van der Waals surface area (Å²) in [6, 6.07) is 6.48. The Balaban J connectivity index is 2.30. The van der Waals surface area contributed by atoms with E-state index in [0.717, 1.165) is 0 Å². The van der Waals surface area contributed by atoms with Crippen LogP contribution < -0.4 is 5.73 Å². The highest BCUT2D eigenvalue weighted by Gasteiger charge is 2.11. The molecule has 0 saturated carbocycles. The molecule has 2 aromatic rings. The predicted octanol–water partition coefficient (Wildman–Crippen LogP) is 1.25. The van der Waals surface area contributed by atoms with Crippen LogP contribution in [-0.2, 0) is 13.5 Å². The van der Waals surface area contributed by atoms with Crippen molar-refractivity contribution in [1.82, 2.24) is 9.55 Å². The van der Waals surface area contributed by atoms with Crippen LogP contribution >= 0.6 is 0 Å². The van der Waals surface area contributed by atoms with E-state index >= 15 is 0 Å². The lowest BCUT2D eigenvalue weighted by molar-refractivity contribution is 0.0996. The Morgan fingerprint density at radius 2 is 2.18 bits per heavy atom. The van der Waals surface area contributed by atoms with Gasteiger partial charge in [0.25, 0.3) is 5.91 Å². The number of carbonyl (C=O) groups is 1. The average molecular weight is 233 g/mol. The van der Waals surface area contributed by atoms with Crippen LogP contribution in [0.3, 0.4) is 0 Å². The molecule has 4 nitrogen and oxygen atoms in total. The average Bonchev–Trinajstić information content (AvgIpc) is 2.64. The molecule has 0 bridgehead atoms. The fourth-order valence-electron chi connectivity index (χ4n) is 1.60. The summed E-state index contributed by atoms with van der Waals surface area (Å²) >= 11 is 0. The van der Waals surface area contributed by atoms with Crippen molar-refractivity contribution < 1.29 is 9.18 Å². The Morgan fingerprint density at radius 3 is 2.76 bits per heavy atom. The minimum atomic E-state index is -0.583. The Kier molecular flexibility index (Phi) is 2.91. The number of nitrogens with zero attached hydrogens (tertiary/aromatic N) is 2. The van der Waals surface area contributed by atoms with Gasteiger partial charge in [-0.1, -0.05) is 18.2 Å². The zero-order valence-corrected chi connectivity index (χ0v) is 9.35. The molecule has 1 heterocycles. The standard InChI is InChI=1S/C12H12FN3O/c1-16-7-10(12(14)17)15-11(16)6-8-4-2-3-5-9(8)13/h2-5,7H,6H2,1H3,(H2,14,17). The highest BCUT2D eigenvalue weighted by atomic mass is 19.1. The summed E-state index contributed by atoms with van der Waals surface area (Å²) in [5, 5.41) is 0. The molecule has 0 aliphatic rings. The summed E-state index contributed by atoms with van der Waals surface area (Å²) in [6.07, 6.45) is 1.87. The lowest BCUT2D eigenvalue weighted by Gasteiger charge is -2.02. The lowest BCUT2D eigenvalue weighted by atomic mass is 10.1. The number of halogens is 1. The zero-order chi connectivity index (χ0) is 12.4. The molecule has 2 N–H and O–H groups in total. The molecule has 5 heteroatoms. The number of aryl methyl sites for hydroxylation is 1. The van der Waals surface area contributed by atoms with Gasteiger partial charge in [0, 0.05) is 19.7 Å². The fourth-order valence-corrected chi connectivity index (χ4v) is 1.60. The topological polar surface area (TPSA) is 60.9 Å². The molecule has 2 rings (SSSR count). The smallest absolute Gasteiger partial charge is 0.268 e. The molecule has 0 atom stereocenters. The van der Waals surface area contributed by atoms with E-state index < -0.39 is 5.91 Å². The van der Waals surface area contributed by atoms with E-state index in [-0.39, 0.29) is 11.5 Å². The van der Waals surface area contributed by atoms with E-state index in [2.05, 4.69) is 4.98 Å². The van der Waals surface area contributed by atoms with E-state index in [9.17, 15) is 9.18 Å². The van der Waals surface area contributed by atoms with Gasteiger partial charge in [0.2, 0.25) is 0 Å². The molecule has 0 aliphatic carbocycles. The van der Waals surface area contributed by atoms with E-state index in [1.54, 1.807) is 36.0 Å². The Morgan fingerprint density at radius 1 is 1.47 bits per heavy atom. The zero-order valence-electron chi connectivity index (χ0n) is 9.35. The minimum Gasteiger partial charge on any atom is -0.364 e. The van der Waals surface area contributed by atoms with Gasteiger partial charge < -0.3 is 10.3 Å². The number of primary amides is 1. The number of benzene rings is 1. The first kappa shape index (κ1) is 11.3. The summed E-state index contributed by atoms with van der Waals surface area (Å²) < 4.78 is 15.1. The number of hydrogen-bond acceptors (Lipinski definition) is 2. The third kappa shape index (κ3) is 2.33. The third-order valence-electron chi connectivity index (χ3n) is 2.53. The lowest BCUT2D eigenvalue weighted by Crippen LogP contribution is -2.11. The molecule has 0 radical (unpaired) electrons. The first-order valence-electron chi connectivity index (χ1n) is 5.13.